The van der Waals surface area contributed by atoms with Crippen molar-refractivity contribution >= 4 is 22.5 Å². The van der Waals surface area contributed by atoms with Gasteiger partial charge in [0, 0.05) is 29.2 Å². The molecule has 0 saturated heterocycles. The van der Waals surface area contributed by atoms with E-state index >= 15 is 0 Å². The van der Waals surface area contributed by atoms with Crippen LogP contribution in [0.2, 0.25) is 0 Å². The summed E-state index contributed by atoms with van der Waals surface area (Å²) in [5.41, 5.74) is 4.83. The molecule has 6 nitrogen and oxygen atoms in total. The first-order valence-corrected chi connectivity index (χ1v) is 9.32. The summed E-state index contributed by atoms with van der Waals surface area (Å²) in [6, 6.07) is 13.9. The van der Waals surface area contributed by atoms with Gasteiger partial charge in [0.15, 0.2) is 0 Å². The fraction of sp³-hybridized carbons (Fsp3) is 0.227. The van der Waals surface area contributed by atoms with Gasteiger partial charge in [-0.2, -0.15) is 0 Å². The van der Waals surface area contributed by atoms with Crippen molar-refractivity contribution in [2.75, 3.05) is 5.32 Å². The fourth-order valence-electron chi connectivity index (χ4n) is 3.46. The van der Waals surface area contributed by atoms with Crippen molar-refractivity contribution in [1.29, 1.82) is 0 Å². The van der Waals surface area contributed by atoms with Gasteiger partial charge in [-0.25, -0.2) is 0 Å². The summed E-state index contributed by atoms with van der Waals surface area (Å²) in [5.74, 6) is 0.984. The summed E-state index contributed by atoms with van der Waals surface area (Å²) in [6.07, 6.45) is 2.59. The highest BCUT2D eigenvalue weighted by atomic mass is 16.4. The van der Waals surface area contributed by atoms with E-state index in [1.807, 2.05) is 67.9 Å². The zero-order chi connectivity index (χ0) is 19.7. The second kappa shape index (κ2) is 7.31. The normalized spacial score (nSPS) is 11.1. The molecule has 0 aliphatic carbocycles. The molecule has 1 amide bonds. The summed E-state index contributed by atoms with van der Waals surface area (Å²) in [4.78, 5) is 12.7. The highest BCUT2D eigenvalue weighted by molar-refractivity contribution is 5.96. The van der Waals surface area contributed by atoms with Gasteiger partial charge in [-0.05, 0) is 43.2 Å². The number of carbonyl (C=O) groups excluding carboxylic acids is 1. The number of benzene rings is 2. The number of carbonyl (C=O) groups is 1. The Kier molecular flexibility index (Phi) is 4.69. The lowest BCUT2D eigenvalue weighted by Crippen LogP contribution is -2.18. The van der Waals surface area contributed by atoms with E-state index in [0.717, 1.165) is 33.3 Å². The van der Waals surface area contributed by atoms with Crippen LogP contribution in [-0.2, 0) is 17.8 Å². The van der Waals surface area contributed by atoms with E-state index in [0.29, 0.717) is 18.2 Å². The molecule has 0 atom stereocenters. The molecule has 0 unspecified atom stereocenters. The molecule has 1 N–H and O–H groups in total. The van der Waals surface area contributed by atoms with Crippen LogP contribution in [0, 0.1) is 13.8 Å². The molecule has 0 radical (unpaired) electrons. The lowest BCUT2D eigenvalue weighted by atomic mass is 10.1. The number of hydrogen-bond acceptors (Lipinski definition) is 4. The third-order valence-electron chi connectivity index (χ3n) is 4.61. The van der Waals surface area contributed by atoms with Crippen LogP contribution in [-0.4, -0.2) is 20.7 Å². The van der Waals surface area contributed by atoms with Crippen LogP contribution in [0.25, 0.3) is 22.4 Å². The van der Waals surface area contributed by atoms with Gasteiger partial charge in [0.25, 0.3) is 0 Å². The van der Waals surface area contributed by atoms with Crippen LogP contribution >= 0.6 is 0 Å². The minimum absolute atomic E-state index is 0.0860. The van der Waals surface area contributed by atoms with E-state index in [2.05, 4.69) is 21.6 Å². The van der Waals surface area contributed by atoms with Gasteiger partial charge in [-0.1, -0.05) is 31.2 Å². The number of hydrogen-bond donors (Lipinski definition) is 1. The molecule has 0 fully saturated rings. The van der Waals surface area contributed by atoms with Crippen LogP contribution in [0.3, 0.4) is 0 Å². The van der Waals surface area contributed by atoms with Crippen LogP contribution in [0.1, 0.15) is 23.9 Å². The van der Waals surface area contributed by atoms with Crippen molar-refractivity contribution in [1.82, 2.24) is 14.8 Å². The van der Waals surface area contributed by atoms with E-state index in [4.69, 9.17) is 4.42 Å². The number of amides is 1. The first-order valence-electron chi connectivity index (χ1n) is 9.32. The topological polar surface area (TPSA) is 73.0 Å². The number of anilines is 1. The monoisotopic (exact) mass is 374 g/mol. The predicted molar refractivity (Wildman–Crippen MR) is 109 cm³/mol. The molecule has 4 rings (SSSR count). The molecule has 0 aliphatic heterocycles. The first kappa shape index (κ1) is 18.0. The van der Waals surface area contributed by atoms with Crippen LogP contribution in [0.5, 0.6) is 0 Å². The molecule has 2 aromatic heterocycles. The molecule has 2 aromatic carbocycles. The lowest BCUT2D eigenvalue weighted by molar-refractivity contribution is -0.116. The number of rotatable bonds is 5. The van der Waals surface area contributed by atoms with Crippen molar-refractivity contribution in [2.24, 2.45) is 0 Å². The number of fused-ring (bicyclic) bond motifs is 1. The molecule has 28 heavy (non-hydrogen) atoms. The van der Waals surface area contributed by atoms with Crippen molar-refractivity contribution in [3.63, 3.8) is 0 Å². The number of nitrogens with one attached hydrogen (secondary N) is 1. The fourth-order valence-corrected chi connectivity index (χ4v) is 3.46. The molecular formula is C22H22N4O2. The Hall–Kier alpha value is -3.41. The summed E-state index contributed by atoms with van der Waals surface area (Å²) < 4.78 is 7.65. The summed E-state index contributed by atoms with van der Waals surface area (Å²) in [7, 11) is 0. The summed E-state index contributed by atoms with van der Waals surface area (Å²) >= 11 is 0. The molecule has 0 spiro atoms. The molecule has 142 valence electrons. The van der Waals surface area contributed by atoms with Gasteiger partial charge in [0.2, 0.25) is 17.7 Å². The first-order chi connectivity index (χ1) is 13.5. The molecule has 0 aliphatic rings. The van der Waals surface area contributed by atoms with E-state index in [1.165, 1.54) is 0 Å². The Balaban J connectivity index is 1.64. The molecule has 0 bridgehead atoms. The molecule has 6 heteroatoms. The SMILES string of the molecule is CCc1nnc(-c2cn(CC(=O)Nc3cc(C)cc(C)c3)c3ccccc23)o1. The Bertz CT molecular complexity index is 1140. The van der Waals surface area contributed by atoms with Gasteiger partial charge < -0.3 is 14.3 Å². The van der Waals surface area contributed by atoms with Crippen LogP contribution < -0.4 is 5.32 Å². The van der Waals surface area contributed by atoms with Crippen molar-refractivity contribution in [3.8, 4) is 11.5 Å². The minimum Gasteiger partial charge on any atom is -0.421 e. The van der Waals surface area contributed by atoms with Gasteiger partial charge in [0.1, 0.15) is 6.54 Å². The number of para-hydroxylation sites is 1. The zero-order valence-electron chi connectivity index (χ0n) is 16.2. The zero-order valence-corrected chi connectivity index (χ0v) is 16.2. The Morgan fingerprint density at radius 1 is 1.11 bits per heavy atom. The van der Waals surface area contributed by atoms with E-state index in [9.17, 15) is 4.79 Å². The highest BCUT2D eigenvalue weighted by Gasteiger charge is 2.16. The molecule has 2 heterocycles. The van der Waals surface area contributed by atoms with Gasteiger partial charge in [-0.15, -0.1) is 10.2 Å². The second-order valence-electron chi connectivity index (χ2n) is 6.97. The number of aryl methyl sites for hydroxylation is 3. The van der Waals surface area contributed by atoms with Crippen molar-refractivity contribution in [3.05, 3.63) is 65.7 Å². The Morgan fingerprint density at radius 2 is 1.86 bits per heavy atom. The largest absolute Gasteiger partial charge is 0.421 e. The minimum atomic E-state index is -0.0860. The van der Waals surface area contributed by atoms with E-state index in [1.54, 1.807) is 0 Å². The maximum atomic E-state index is 12.7. The molecule has 0 saturated carbocycles. The predicted octanol–water partition coefficient (Wildman–Crippen LogP) is 4.51. The number of aromatic nitrogens is 3. The van der Waals surface area contributed by atoms with Crippen molar-refractivity contribution < 1.29 is 9.21 Å². The lowest BCUT2D eigenvalue weighted by Gasteiger charge is -2.09. The molecular weight excluding hydrogens is 352 g/mol. The third kappa shape index (κ3) is 3.53. The summed E-state index contributed by atoms with van der Waals surface area (Å²) in [6.45, 7) is 6.20. The van der Waals surface area contributed by atoms with Crippen molar-refractivity contribution in [2.45, 2.75) is 33.7 Å². The van der Waals surface area contributed by atoms with E-state index in [-0.39, 0.29) is 12.5 Å². The van der Waals surface area contributed by atoms with Crippen LogP contribution in [0.15, 0.2) is 53.1 Å². The maximum Gasteiger partial charge on any atom is 0.249 e. The Labute approximate surface area is 163 Å². The molecule has 4 aromatic rings. The van der Waals surface area contributed by atoms with E-state index < -0.39 is 0 Å². The maximum absolute atomic E-state index is 12.7. The van der Waals surface area contributed by atoms with Crippen LogP contribution in [0.4, 0.5) is 5.69 Å². The average molecular weight is 374 g/mol. The quantitative estimate of drug-likeness (QED) is 0.558. The average Bonchev–Trinajstić information content (AvgIpc) is 3.26. The standard InChI is InChI=1S/C22H22N4O2/c1-4-21-24-25-22(28-21)18-12-26(19-8-6-5-7-17(18)19)13-20(27)23-16-10-14(2)9-15(3)11-16/h5-12H,4,13H2,1-3H3,(H,23,27). The smallest absolute Gasteiger partial charge is 0.249 e. The highest BCUT2D eigenvalue weighted by Crippen LogP contribution is 2.30. The van der Waals surface area contributed by atoms with Gasteiger partial charge >= 0.3 is 0 Å². The summed E-state index contributed by atoms with van der Waals surface area (Å²) in [5, 5.41) is 12.2. The third-order valence-corrected chi connectivity index (χ3v) is 4.61. The van der Waals surface area contributed by atoms with Gasteiger partial charge in [-0.3, -0.25) is 4.79 Å². The number of nitrogens with zero attached hydrogens (tertiary/aromatic N) is 3. The Morgan fingerprint density at radius 3 is 2.57 bits per heavy atom. The second-order valence-corrected chi connectivity index (χ2v) is 6.97. The van der Waals surface area contributed by atoms with Gasteiger partial charge in [0.05, 0.1) is 5.56 Å².